The van der Waals surface area contributed by atoms with Gasteiger partial charge in [0.25, 0.3) is 0 Å². The second-order valence-corrected chi connectivity index (χ2v) is 5.82. The van der Waals surface area contributed by atoms with Crippen LogP contribution in [0.1, 0.15) is 32.6 Å². The number of nitrogens with one attached hydrogen (secondary N) is 2. The van der Waals surface area contributed by atoms with Crippen molar-refractivity contribution in [2.75, 3.05) is 39.4 Å². The lowest BCUT2D eigenvalue weighted by atomic mass is 9.94. The molecule has 0 spiro atoms. The van der Waals surface area contributed by atoms with E-state index in [1.54, 1.807) is 4.90 Å². The van der Waals surface area contributed by atoms with Crippen LogP contribution < -0.4 is 10.6 Å². The highest BCUT2D eigenvalue weighted by Crippen LogP contribution is 2.18. The van der Waals surface area contributed by atoms with Gasteiger partial charge in [-0.05, 0) is 45.2 Å². The molecule has 2 aliphatic rings. The fourth-order valence-electron chi connectivity index (χ4n) is 3.05. The van der Waals surface area contributed by atoms with Crippen LogP contribution in [0.4, 0.5) is 0 Å². The van der Waals surface area contributed by atoms with Gasteiger partial charge in [0.05, 0.1) is 13.2 Å². The summed E-state index contributed by atoms with van der Waals surface area (Å²) in [7, 11) is 0. The van der Waals surface area contributed by atoms with Gasteiger partial charge in [-0.3, -0.25) is 9.59 Å². The van der Waals surface area contributed by atoms with E-state index in [1.165, 1.54) is 12.8 Å². The fraction of sp³-hybridized carbons (Fsp3) is 0.867. The van der Waals surface area contributed by atoms with Gasteiger partial charge in [-0.2, -0.15) is 0 Å². The highest BCUT2D eigenvalue weighted by molar-refractivity contribution is 5.88. The third-order valence-corrected chi connectivity index (χ3v) is 4.27. The quantitative estimate of drug-likeness (QED) is 0.757. The Hall–Kier alpha value is -1.14. The van der Waals surface area contributed by atoms with Gasteiger partial charge in [0.15, 0.2) is 0 Å². The van der Waals surface area contributed by atoms with E-state index in [0.717, 1.165) is 19.5 Å². The van der Waals surface area contributed by atoms with Crippen LogP contribution in [0.2, 0.25) is 0 Å². The van der Waals surface area contributed by atoms with Crippen LogP contribution >= 0.6 is 0 Å². The van der Waals surface area contributed by atoms with Gasteiger partial charge in [0.2, 0.25) is 11.8 Å². The molecule has 2 rings (SSSR count). The van der Waals surface area contributed by atoms with Crippen LogP contribution in [-0.2, 0) is 14.3 Å². The predicted octanol–water partition coefficient (Wildman–Crippen LogP) is 0.130. The summed E-state index contributed by atoms with van der Waals surface area (Å²) in [6.07, 6.45) is 3.83. The van der Waals surface area contributed by atoms with Crippen LogP contribution in [-0.4, -0.2) is 62.1 Å². The number of carbonyl (C=O) groups excluding carboxylic acids is 2. The first kappa shape index (κ1) is 16.2. The van der Waals surface area contributed by atoms with Crippen LogP contribution in [0, 0.1) is 5.92 Å². The molecule has 0 aromatic carbocycles. The van der Waals surface area contributed by atoms with Crippen molar-refractivity contribution in [1.29, 1.82) is 0 Å². The first-order chi connectivity index (χ1) is 10.2. The SMILES string of the molecule is CCNC(=O)C1COCCN1C(=O)CCC1CCCNC1. The van der Waals surface area contributed by atoms with E-state index in [-0.39, 0.29) is 11.8 Å². The summed E-state index contributed by atoms with van der Waals surface area (Å²) in [5.41, 5.74) is 0. The zero-order valence-corrected chi connectivity index (χ0v) is 12.9. The Kier molecular flexibility index (Phi) is 6.45. The molecule has 0 bridgehead atoms. The second kappa shape index (κ2) is 8.34. The zero-order chi connectivity index (χ0) is 15.1. The van der Waals surface area contributed by atoms with Gasteiger partial charge in [-0.1, -0.05) is 0 Å². The Morgan fingerprint density at radius 2 is 2.29 bits per heavy atom. The molecule has 0 aromatic rings. The Morgan fingerprint density at radius 1 is 1.43 bits per heavy atom. The van der Waals surface area contributed by atoms with Crippen LogP contribution in [0.25, 0.3) is 0 Å². The molecule has 2 heterocycles. The summed E-state index contributed by atoms with van der Waals surface area (Å²) in [4.78, 5) is 26.2. The minimum absolute atomic E-state index is 0.0835. The Labute approximate surface area is 126 Å². The van der Waals surface area contributed by atoms with Gasteiger partial charge in [0.1, 0.15) is 6.04 Å². The molecule has 2 aliphatic heterocycles. The summed E-state index contributed by atoms with van der Waals surface area (Å²) >= 11 is 0. The average molecular weight is 297 g/mol. The lowest BCUT2D eigenvalue weighted by molar-refractivity contribution is -0.148. The first-order valence-corrected chi connectivity index (χ1v) is 8.08. The number of piperidine rings is 1. The number of likely N-dealkylation sites (N-methyl/N-ethyl adjacent to an activating group) is 1. The molecule has 6 nitrogen and oxygen atoms in total. The lowest BCUT2D eigenvalue weighted by Gasteiger charge is -2.35. The summed E-state index contributed by atoms with van der Waals surface area (Å²) in [6, 6.07) is -0.462. The number of morpholine rings is 1. The smallest absolute Gasteiger partial charge is 0.245 e. The highest BCUT2D eigenvalue weighted by atomic mass is 16.5. The first-order valence-electron chi connectivity index (χ1n) is 8.08. The Morgan fingerprint density at radius 3 is 3.00 bits per heavy atom. The standard InChI is InChI=1S/C15H27N3O3/c1-2-17-15(20)13-11-21-9-8-18(13)14(19)6-5-12-4-3-7-16-10-12/h12-13,16H,2-11H2,1H3,(H,17,20). The number of hydrogen-bond donors (Lipinski definition) is 2. The van der Waals surface area contributed by atoms with Crippen molar-refractivity contribution in [3.63, 3.8) is 0 Å². The molecule has 120 valence electrons. The molecule has 21 heavy (non-hydrogen) atoms. The highest BCUT2D eigenvalue weighted by Gasteiger charge is 2.32. The second-order valence-electron chi connectivity index (χ2n) is 5.82. The number of carbonyl (C=O) groups is 2. The largest absolute Gasteiger partial charge is 0.377 e. The van der Waals surface area contributed by atoms with Crippen LogP contribution in [0.15, 0.2) is 0 Å². The average Bonchev–Trinajstić information content (AvgIpc) is 2.54. The number of rotatable bonds is 5. The molecule has 6 heteroatoms. The van der Waals surface area contributed by atoms with Gasteiger partial charge in [-0.15, -0.1) is 0 Å². The molecule has 2 saturated heterocycles. The van der Waals surface area contributed by atoms with E-state index in [0.29, 0.717) is 38.6 Å². The van der Waals surface area contributed by atoms with Crippen molar-refractivity contribution < 1.29 is 14.3 Å². The van der Waals surface area contributed by atoms with E-state index in [4.69, 9.17) is 4.74 Å². The van der Waals surface area contributed by atoms with Crippen molar-refractivity contribution >= 4 is 11.8 Å². The summed E-state index contributed by atoms with van der Waals surface area (Å²) in [5, 5.41) is 6.16. The van der Waals surface area contributed by atoms with Gasteiger partial charge in [0, 0.05) is 19.5 Å². The number of nitrogens with zero attached hydrogens (tertiary/aromatic N) is 1. The molecule has 2 atom stereocenters. The van der Waals surface area contributed by atoms with Crippen LogP contribution in [0.3, 0.4) is 0 Å². The minimum atomic E-state index is -0.462. The van der Waals surface area contributed by atoms with Crippen LogP contribution in [0.5, 0.6) is 0 Å². The lowest BCUT2D eigenvalue weighted by Crippen LogP contribution is -2.55. The van der Waals surface area contributed by atoms with Crippen molar-refractivity contribution in [2.45, 2.75) is 38.6 Å². The number of ether oxygens (including phenoxy) is 1. The van der Waals surface area contributed by atoms with E-state index in [1.807, 2.05) is 6.92 Å². The molecule has 2 amide bonds. The molecule has 0 saturated carbocycles. The van der Waals surface area contributed by atoms with Gasteiger partial charge >= 0.3 is 0 Å². The molecule has 0 aromatic heterocycles. The number of hydrogen-bond acceptors (Lipinski definition) is 4. The third-order valence-electron chi connectivity index (χ3n) is 4.27. The molecule has 0 aliphatic carbocycles. The summed E-state index contributed by atoms with van der Waals surface area (Å²) in [5.74, 6) is 0.566. The van der Waals surface area contributed by atoms with E-state index in [2.05, 4.69) is 10.6 Å². The Balaban J connectivity index is 1.84. The van der Waals surface area contributed by atoms with Gasteiger partial charge < -0.3 is 20.3 Å². The molecule has 2 N–H and O–H groups in total. The Bertz CT molecular complexity index is 356. The minimum Gasteiger partial charge on any atom is -0.377 e. The van der Waals surface area contributed by atoms with E-state index < -0.39 is 6.04 Å². The third kappa shape index (κ3) is 4.68. The van der Waals surface area contributed by atoms with Crippen molar-refractivity contribution in [3.05, 3.63) is 0 Å². The van der Waals surface area contributed by atoms with Gasteiger partial charge in [-0.25, -0.2) is 0 Å². The summed E-state index contributed by atoms with van der Waals surface area (Å²) in [6.45, 7) is 5.90. The topological polar surface area (TPSA) is 70.7 Å². The molecule has 0 radical (unpaired) electrons. The number of amides is 2. The van der Waals surface area contributed by atoms with E-state index >= 15 is 0 Å². The maximum absolute atomic E-state index is 12.4. The van der Waals surface area contributed by atoms with Crippen molar-refractivity contribution in [1.82, 2.24) is 15.5 Å². The maximum Gasteiger partial charge on any atom is 0.245 e. The molecule has 2 unspecified atom stereocenters. The predicted molar refractivity (Wildman–Crippen MR) is 79.8 cm³/mol. The van der Waals surface area contributed by atoms with Crippen molar-refractivity contribution in [2.24, 2.45) is 5.92 Å². The zero-order valence-electron chi connectivity index (χ0n) is 12.9. The molecular weight excluding hydrogens is 270 g/mol. The van der Waals surface area contributed by atoms with E-state index in [9.17, 15) is 9.59 Å². The van der Waals surface area contributed by atoms with Crippen molar-refractivity contribution in [3.8, 4) is 0 Å². The molecule has 2 fully saturated rings. The summed E-state index contributed by atoms with van der Waals surface area (Å²) < 4.78 is 5.36. The monoisotopic (exact) mass is 297 g/mol. The fourth-order valence-corrected chi connectivity index (χ4v) is 3.05. The maximum atomic E-state index is 12.4. The molecular formula is C15H27N3O3. The normalized spacial score (nSPS) is 26.4.